The fourth-order valence-corrected chi connectivity index (χ4v) is 0.400. The summed E-state index contributed by atoms with van der Waals surface area (Å²) in [6, 6.07) is 10.0. The Hall–Kier alpha value is -0.363. The van der Waals surface area contributed by atoms with E-state index < -0.39 is 8.25 Å². The number of nitrogens with two attached hydrogens (primary N) is 1. The van der Waals surface area contributed by atoms with Crippen molar-refractivity contribution in [3.05, 3.63) is 30.3 Å². The Balaban J connectivity index is 0. The molecule has 1 rings (SSSR count). The molecular formula is C6H8LiNO3P+. The number of benzene rings is 1. The third-order valence-electron chi connectivity index (χ3n) is 0.744. The summed E-state index contributed by atoms with van der Waals surface area (Å²) >= 11 is 0. The largest absolute Gasteiger partial charge is 1.00 e. The summed E-state index contributed by atoms with van der Waals surface area (Å²) in [5, 5.41) is 0. The van der Waals surface area contributed by atoms with Crippen molar-refractivity contribution in [3.63, 3.8) is 0 Å². The minimum Gasteiger partial charge on any atom is -0.419 e. The van der Waals surface area contributed by atoms with Gasteiger partial charge in [-0.1, -0.05) is 5.69 Å². The van der Waals surface area contributed by atoms with E-state index in [9.17, 15) is 0 Å². The van der Waals surface area contributed by atoms with E-state index in [-0.39, 0.29) is 18.9 Å². The van der Waals surface area contributed by atoms with Gasteiger partial charge in [0.25, 0.3) is 0 Å². The van der Waals surface area contributed by atoms with Crippen LogP contribution in [0.1, 0.15) is 0 Å². The van der Waals surface area contributed by atoms with Gasteiger partial charge in [-0.2, -0.15) is 18.2 Å². The van der Waals surface area contributed by atoms with Crippen LogP contribution in [0.15, 0.2) is 24.3 Å². The predicted molar refractivity (Wildman–Crippen MR) is 41.7 cm³/mol. The second kappa shape index (κ2) is 8.73. The zero-order valence-electron chi connectivity index (χ0n) is 6.64. The van der Waals surface area contributed by atoms with E-state index in [1.807, 2.05) is 0 Å². The average Bonchev–Trinajstić information content (AvgIpc) is 1.87. The van der Waals surface area contributed by atoms with Crippen molar-refractivity contribution in [3.8, 4) is 0 Å². The molecule has 12 heavy (non-hydrogen) atoms. The zero-order chi connectivity index (χ0) is 8.69. The quantitative estimate of drug-likeness (QED) is 0.181. The van der Waals surface area contributed by atoms with Crippen molar-refractivity contribution in [1.29, 1.82) is 0 Å². The van der Waals surface area contributed by atoms with Crippen LogP contribution in [-0.4, -0.2) is 9.79 Å². The van der Waals surface area contributed by atoms with Crippen LogP contribution in [0.4, 0.5) is 5.69 Å². The van der Waals surface area contributed by atoms with E-state index in [2.05, 4.69) is 6.07 Å². The molecule has 4 N–H and O–H groups in total. The standard InChI is InChI=1S/C6H6N.Li.HO3P/c7-6-4-2-1-3-5-6;;1-4(2)3/h2-5H,7H2;;(H-,1,2,3)/q-1;+1;/p+1. The minimum atomic E-state index is -2.87. The number of hydrogen-bond donors (Lipinski definition) is 3. The molecule has 0 bridgehead atoms. The van der Waals surface area contributed by atoms with Crippen LogP contribution in [-0.2, 0) is 4.57 Å². The molecule has 0 amide bonds. The van der Waals surface area contributed by atoms with Gasteiger partial charge in [0.15, 0.2) is 0 Å². The molecule has 1 aromatic carbocycles. The van der Waals surface area contributed by atoms with Gasteiger partial charge in [-0.3, -0.25) is 0 Å². The van der Waals surface area contributed by atoms with Gasteiger partial charge in [0, 0.05) is 4.57 Å². The van der Waals surface area contributed by atoms with Gasteiger partial charge in [0.05, 0.1) is 0 Å². The number of anilines is 1. The zero-order valence-corrected chi connectivity index (χ0v) is 7.53. The van der Waals surface area contributed by atoms with Crippen molar-refractivity contribution in [1.82, 2.24) is 0 Å². The smallest absolute Gasteiger partial charge is 0.419 e. The van der Waals surface area contributed by atoms with Crippen molar-refractivity contribution >= 4 is 13.9 Å². The number of rotatable bonds is 0. The fraction of sp³-hybridized carbons (Fsp3) is 0. The van der Waals surface area contributed by atoms with Crippen molar-refractivity contribution in [2.24, 2.45) is 0 Å². The maximum atomic E-state index is 8.70. The van der Waals surface area contributed by atoms with Crippen molar-refractivity contribution in [2.75, 3.05) is 5.73 Å². The van der Waals surface area contributed by atoms with E-state index in [0.717, 1.165) is 5.69 Å². The second-order valence-electron chi connectivity index (χ2n) is 1.59. The molecule has 0 unspecified atom stereocenters. The van der Waals surface area contributed by atoms with Crippen LogP contribution < -0.4 is 24.6 Å². The summed E-state index contributed by atoms with van der Waals surface area (Å²) in [6.45, 7) is 0. The van der Waals surface area contributed by atoms with Crippen LogP contribution in [0.5, 0.6) is 0 Å². The third-order valence-corrected chi connectivity index (χ3v) is 0.744. The van der Waals surface area contributed by atoms with Gasteiger partial charge in [0.2, 0.25) is 0 Å². The first-order valence-electron chi connectivity index (χ1n) is 2.69. The Kier molecular flexibility index (Phi) is 10.3. The minimum absolute atomic E-state index is 0. The van der Waals surface area contributed by atoms with E-state index in [1.165, 1.54) is 0 Å². The predicted octanol–water partition coefficient (Wildman–Crippen LogP) is -2.30. The molecular weight excluding hydrogens is 172 g/mol. The molecule has 0 fully saturated rings. The SMILES string of the molecule is Nc1cc[c-]cc1.O=[P+](O)O.[Li+]. The monoisotopic (exact) mass is 180 g/mol. The maximum absolute atomic E-state index is 8.70. The molecule has 0 saturated carbocycles. The Morgan fingerprint density at radius 2 is 1.67 bits per heavy atom. The Morgan fingerprint density at radius 1 is 1.33 bits per heavy atom. The Morgan fingerprint density at radius 3 is 1.83 bits per heavy atom. The molecule has 0 heterocycles. The third kappa shape index (κ3) is 12.3. The van der Waals surface area contributed by atoms with E-state index in [1.54, 1.807) is 24.3 Å². The molecule has 0 aromatic heterocycles. The van der Waals surface area contributed by atoms with Gasteiger partial charge < -0.3 is 5.73 Å². The molecule has 0 saturated heterocycles. The van der Waals surface area contributed by atoms with Gasteiger partial charge in [-0.15, -0.1) is 21.9 Å². The molecule has 0 aliphatic heterocycles. The summed E-state index contributed by atoms with van der Waals surface area (Å²) in [5.74, 6) is 0. The summed E-state index contributed by atoms with van der Waals surface area (Å²) in [6.07, 6.45) is 0. The second-order valence-corrected chi connectivity index (χ2v) is 2.09. The van der Waals surface area contributed by atoms with Crippen LogP contribution >= 0.6 is 8.25 Å². The van der Waals surface area contributed by atoms with Crippen LogP contribution in [0.25, 0.3) is 0 Å². The first kappa shape index (κ1) is 14.2. The van der Waals surface area contributed by atoms with E-state index in [4.69, 9.17) is 20.1 Å². The topological polar surface area (TPSA) is 83.6 Å². The van der Waals surface area contributed by atoms with Gasteiger partial charge in [-0.05, 0) is 0 Å². The van der Waals surface area contributed by atoms with Gasteiger partial charge in [0.1, 0.15) is 0 Å². The Labute approximate surface area is 83.5 Å². The van der Waals surface area contributed by atoms with E-state index >= 15 is 0 Å². The molecule has 0 aliphatic carbocycles. The molecule has 0 spiro atoms. The average molecular weight is 180 g/mol. The first-order chi connectivity index (χ1) is 5.13. The summed E-state index contributed by atoms with van der Waals surface area (Å²) in [4.78, 5) is 14.2. The fourth-order valence-electron chi connectivity index (χ4n) is 0.400. The molecule has 6 heteroatoms. The van der Waals surface area contributed by atoms with Gasteiger partial charge in [-0.25, -0.2) is 0 Å². The summed E-state index contributed by atoms with van der Waals surface area (Å²) in [5.41, 5.74) is 6.13. The van der Waals surface area contributed by atoms with Crippen molar-refractivity contribution in [2.45, 2.75) is 0 Å². The van der Waals surface area contributed by atoms with Crippen LogP contribution in [0.2, 0.25) is 0 Å². The number of nitrogen functional groups attached to an aromatic ring is 1. The number of hydrogen-bond acceptors (Lipinski definition) is 2. The molecule has 1 aromatic rings. The van der Waals surface area contributed by atoms with E-state index in [0.29, 0.717) is 0 Å². The maximum Gasteiger partial charge on any atom is 1.00 e. The molecule has 4 nitrogen and oxygen atoms in total. The molecule has 0 radical (unpaired) electrons. The van der Waals surface area contributed by atoms with Crippen LogP contribution in [0, 0.1) is 6.07 Å². The molecule has 0 atom stereocenters. The van der Waals surface area contributed by atoms with Gasteiger partial charge >= 0.3 is 27.1 Å². The summed E-state index contributed by atoms with van der Waals surface area (Å²) < 4.78 is 8.70. The normalized spacial score (nSPS) is 7.17. The Bertz CT molecular complexity index is 215. The molecule has 60 valence electrons. The summed E-state index contributed by atoms with van der Waals surface area (Å²) in [7, 11) is -2.87. The first-order valence-corrected chi connectivity index (χ1v) is 3.86. The van der Waals surface area contributed by atoms with Crippen LogP contribution in [0.3, 0.4) is 0 Å². The van der Waals surface area contributed by atoms with Crippen molar-refractivity contribution < 1.29 is 33.2 Å². The molecule has 0 aliphatic rings.